The van der Waals surface area contributed by atoms with Crippen molar-refractivity contribution in [1.29, 1.82) is 0 Å². The van der Waals surface area contributed by atoms with Crippen LogP contribution < -0.4 is 24.2 Å². The number of carbonyl (C=O) groups excluding carboxylic acids is 1. The van der Waals surface area contributed by atoms with Crippen molar-refractivity contribution in [3.05, 3.63) is 78.1 Å². The van der Waals surface area contributed by atoms with Gasteiger partial charge in [-0.1, -0.05) is 18.2 Å². The largest absolute Gasteiger partial charge is 0.493 e. The Kier molecular flexibility index (Phi) is 8.44. The molecule has 0 saturated heterocycles. The van der Waals surface area contributed by atoms with Gasteiger partial charge in [-0.15, -0.1) is 0 Å². The van der Waals surface area contributed by atoms with E-state index in [4.69, 9.17) is 14.2 Å². The zero-order valence-electron chi connectivity index (χ0n) is 18.7. The molecule has 0 bridgehead atoms. The van der Waals surface area contributed by atoms with E-state index in [2.05, 4.69) is 10.0 Å². The molecule has 10 heteroatoms. The molecule has 0 saturated carbocycles. The van der Waals surface area contributed by atoms with Gasteiger partial charge in [0, 0.05) is 6.54 Å². The van der Waals surface area contributed by atoms with Gasteiger partial charge in [0.05, 0.1) is 24.8 Å². The topological polar surface area (TPSA) is 103 Å². The highest BCUT2D eigenvalue weighted by Crippen LogP contribution is 2.27. The molecule has 3 rings (SSSR count). The molecular weight excluding hydrogens is 463 g/mol. The SMILES string of the molecule is COc1ccc(CCNS(=O)(=O)c2ccc(OCC(=O)Nc3ccccc3F)cc2)cc1OC. The van der Waals surface area contributed by atoms with E-state index in [-0.39, 0.29) is 23.7 Å². The normalized spacial score (nSPS) is 11.0. The molecular formula is C24H25FN2O6S. The van der Waals surface area contributed by atoms with Crippen LogP contribution in [0.5, 0.6) is 17.2 Å². The molecule has 8 nitrogen and oxygen atoms in total. The fourth-order valence-electron chi connectivity index (χ4n) is 3.06. The van der Waals surface area contributed by atoms with Crippen LogP contribution in [0.4, 0.5) is 10.1 Å². The van der Waals surface area contributed by atoms with Gasteiger partial charge in [0.2, 0.25) is 10.0 Å². The number of rotatable bonds is 11. The van der Waals surface area contributed by atoms with Crippen molar-refractivity contribution in [3.8, 4) is 17.2 Å². The fraction of sp³-hybridized carbons (Fsp3) is 0.208. The Balaban J connectivity index is 1.51. The minimum absolute atomic E-state index is 0.0525. The van der Waals surface area contributed by atoms with Crippen LogP contribution >= 0.6 is 0 Å². The highest BCUT2D eigenvalue weighted by molar-refractivity contribution is 7.89. The van der Waals surface area contributed by atoms with Crippen molar-refractivity contribution < 1.29 is 31.8 Å². The summed E-state index contributed by atoms with van der Waals surface area (Å²) >= 11 is 0. The van der Waals surface area contributed by atoms with E-state index in [1.807, 2.05) is 6.07 Å². The van der Waals surface area contributed by atoms with Crippen LogP contribution in [0.2, 0.25) is 0 Å². The van der Waals surface area contributed by atoms with Crippen molar-refractivity contribution in [3.63, 3.8) is 0 Å². The van der Waals surface area contributed by atoms with Crippen LogP contribution in [0, 0.1) is 5.82 Å². The van der Waals surface area contributed by atoms with E-state index in [9.17, 15) is 17.6 Å². The maximum Gasteiger partial charge on any atom is 0.262 e. The maximum absolute atomic E-state index is 13.6. The van der Waals surface area contributed by atoms with Crippen LogP contribution in [0.15, 0.2) is 71.6 Å². The summed E-state index contributed by atoms with van der Waals surface area (Å²) in [5.41, 5.74) is 0.939. The molecule has 0 aliphatic heterocycles. The second kappa shape index (κ2) is 11.5. The Morgan fingerprint density at radius 1 is 0.941 bits per heavy atom. The third-order valence-electron chi connectivity index (χ3n) is 4.81. The third-order valence-corrected chi connectivity index (χ3v) is 6.28. The van der Waals surface area contributed by atoms with E-state index in [0.717, 1.165) is 5.56 Å². The van der Waals surface area contributed by atoms with Crippen LogP contribution in [-0.4, -0.2) is 41.7 Å². The molecule has 34 heavy (non-hydrogen) atoms. The van der Waals surface area contributed by atoms with Gasteiger partial charge in [-0.3, -0.25) is 4.79 Å². The summed E-state index contributed by atoms with van der Waals surface area (Å²) in [6, 6.07) is 16.8. The molecule has 0 aliphatic carbocycles. The molecule has 180 valence electrons. The molecule has 2 N–H and O–H groups in total. The minimum Gasteiger partial charge on any atom is -0.493 e. The van der Waals surface area contributed by atoms with E-state index in [0.29, 0.717) is 23.7 Å². The average Bonchev–Trinajstić information content (AvgIpc) is 2.84. The zero-order valence-corrected chi connectivity index (χ0v) is 19.5. The number of anilines is 1. The number of methoxy groups -OCH3 is 2. The highest BCUT2D eigenvalue weighted by Gasteiger charge is 2.14. The van der Waals surface area contributed by atoms with E-state index in [1.165, 1.54) is 49.6 Å². The Bertz CT molecular complexity index is 1230. The van der Waals surface area contributed by atoms with E-state index >= 15 is 0 Å². The first-order chi connectivity index (χ1) is 16.3. The predicted molar refractivity (Wildman–Crippen MR) is 125 cm³/mol. The number of para-hydroxylation sites is 1. The quantitative estimate of drug-likeness (QED) is 0.429. The number of carbonyl (C=O) groups is 1. The Morgan fingerprint density at radius 3 is 2.32 bits per heavy atom. The molecule has 0 radical (unpaired) electrons. The van der Waals surface area contributed by atoms with Crippen LogP contribution in [0.1, 0.15) is 5.56 Å². The molecule has 0 heterocycles. The number of amides is 1. The Labute approximate surface area is 197 Å². The highest BCUT2D eigenvalue weighted by atomic mass is 32.2. The van der Waals surface area contributed by atoms with Gasteiger partial charge >= 0.3 is 0 Å². The molecule has 3 aromatic carbocycles. The first-order valence-corrected chi connectivity index (χ1v) is 11.8. The van der Waals surface area contributed by atoms with Gasteiger partial charge in [-0.05, 0) is 60.5 Å². The standard InChI is InChI=1S/C24H25FN2O6S/c1-31-22-12-7-17(15-23(22)32-2)13-14-26-34(29,30)19-10-8-18(9-11-19)33-16-24(28)27-21-6-4-3-5-20(21)25/h3-12,15,26H,13-14,16H2,1-2H3,(H,27,28). The smallest absolute Gasteiger partial charge is 0.262 e. The third kappa shape index (κ3) is 6.69. The molecule has 0 unspecified atom stereocenters. The lowest BCUT2D eigenvalue weighted by Crippen LogP contribution is -2.26. The lowest BCUT2D eigenvalue weighted by Gasteiger charge is -2.11. The number of sulfonamides is 1. The fourth-order valence-corrected chi connectivity index (χ4v) is 4.09. The second-order valence-electron chi connectivity index (χ2n) is 7.13. The Hall–Kier alpha value is -3.63. The van der Waals surface area contributed by atoms with Gasteiger partial charge in [0.15, 0.2) is 18.1 Å². The average molecular weight is 489 g/mol. The first kappa shape index (κ1) is 25.0. The van der Waals surface area contributed by atoms with Crippen LogP contribution in [0.25, 0.3) is 0 Å². The zero-order chi connectivity index (χ0) is 24.6. The monoisotopic (exact) mass is 488 g/mol. The summed E-state index contributed by atoms with van der Waals surface area (Å²) in [5.74, 6) is 0.371. The summed E-state index contributed by atoms with van der Waals surface area (Å²) in [6.45, 7) is -0.170. The summed E-state index contributed by atoms with van der Waals surface area (Å²) in [6.07, 6.45) is 0.456. The van der Waals surface area contributed by atoms with Gasteiger partial charge in [0.25, 0.3) is 5.91 Å². The molecule has 0 fully saturated rings. The van der Waals surface area contributed by atoms with Crippen molar-refractivity contribution >= 4 is 21.6 Å². The van der Waals surface area contributed by atoms with E-state index < -0.39 is 21.7 Å². The molecule has 0 spiro atoms. The van der Waals surface area contributed by atoms with Gasteiger partial charge < -0.3 is 19.5 Å². The summed E-state index contributed by atoms with van der Waals surface area (Å²) in [5, 5.41) is 2.41. The molecule has 3 aromatic rings. The second-order valence-corrected chi connectivity index (χ2v) is 8.89. The van der Waals surface area contributed by atoms with Crippen molar-refractivity contribution in [2.75, 3.05) is 32.7 Å². The van der Waals surface area contributed by atoms with Crippen molar-refractivity contribution in [2.24, 2.45) is 0 Å². The number of hydrogen-bond acceptors (Lipinski definition) is 6. The lowest BCUT2D eigenvalue weighted by molar-refractivity contribution is -0.118. The van der Waals surface area contributed by atoms with Gasteiger partial charge in [-0.25, -0.2) is 17.5 Å². The van der Waals surface area contributed by atoms with Crippen molar-refractivity contribution in [1.82, 2.24) is 4.72 Å². The summed E-state index contributed by atoms with van der Waals surface area (Å²) in [4.78, 5) is 12.0. The van der Waals surface area contributed by atoms with Crippen LogP contribution in [-0.2, 0) is 21.2 Å². The summed E-state index contributed by atoms with van der Waals surface area (Å²) < 4.78 is 57.1. The number of benzene rings is 3. The van der Waals surface area contributed by atoms with E-state index in [1.54, 1.807) is 25.3 Å². The minimum atomic E-state index is -3.73. The Morgan fingerprint density at radius 2 is 1.65 bits per heavy atom. The number of ether oxygens (including phenoxy) is 3. The van der Waals surface area contributed by atoms with Crippen LogP contribution in [0.3, 0.4) is 0 Å². The number of hydrogen-bond donors (Lipinski definition) is 2. The lowest BCUT2D eigenvalue weighted by atomic mass is 10.1. The molecule has 0 atom stereocenters. The van der Waals surface area contributed by atoms with Crippen molar-refractivity contribution in [2.45, 2.75) is 11.3 Å². The first-order valence-electron chi connectivity index (χ1n) is 10.3. The number of halogens is 1. The number of nitrogens with one attached hydrogen (secondary N) is 2. The maximum atomic E-state index is 13.6. The van der Waals surface area contributed by atoms with Gasteiger partial charge in [0.1, 0.15) is 11.6 Å². The van der Waals surface area contributed by atoms with Gasteiger partial charge in [-0.2, -0.15) is 0 Å². The molecule has 0 aromatic heterocycles. The molecule has 1 amide bonds. The molecule has 0 aliphatic rings. The predicted octanol–water partition coefficient (Wildman–Crippen LogP) is 3.38. The summed E-state index contributed by atoms with van der Waals surface area (Å²) in [7, 11) is -0.656.